The van der Waals surface area contributed by atoms with Gasteiger partial charge in [0.15, 0.2) is 0 Å². The van der Waals surface area contributed by atoms with Crippen LogP contribution in [0.1, 0.15) is 0 Å². The largest absolute Gasteiger partial charge is 0.473 e. The van der Waals surface area contributed by atoms with Crippen LogP contribution >= 0.6 is 0 Å². The first-order valence-corrected chi connectivity index (χ1v) is 6.32. The summed E-state index contributed by atoms with van der Waals surface area (Å²) in [5.74, 6) is -54.2. The lowest BCUT2D eigenvalue weighted by molar-refractivity contribution is -0.473. The number of rotatable bonds is 8. The van der Waals surface area contributed by atoms with E-state index in [1.807, 2.05) is 0 Å². The lowest BCUT2D eigenvalue weighted by Crippen LogP contribution is -2.74. The molecule has 0 aromatic heterocycles. The Balaban J connectivity index is 6.69. The number of alkyl halides is 17. The van der Waals surface area contributed by atoms with E-state index in [0.29, 0.717) is 0 Å². The van der Waals surface area contributed by atoms with Gasteiger partial charge in [-0.3, -0.25) is 0 Å². The molecule has 0 atom stereocenters. The summed E-state index contributed by atoms with van der Waals surface area (Å²) >= 11 is 0. The molecule has 0 unspecified atom stereocenters. The molecule has 21 heteroatoms. The van der Waals surface area contributed by atoms with E-state index in [9.17, 15) is 79.4 Å². The van der Waals surface area contributed by atoms with Crippen molar-refractivity contribution in [3.8, 4) is 0 Å². The van der Waals surface area contributed by atoms with Gasteiger partial charge in [0.2, 0.25) is 0 Å². The van der Waals surface area contributed by atoms with Crippen molar-refractivity contribution in [2.75, 3.05) is 0 Å². The fourth-order valence-corrected chi connectivity index (χ4v) is 1.41. The van der Waals surface area contributed by atoms with Crippen LogP contribution in [0, 0.1) is 0 Å². The van der Waals surface area contributed by atoms with Gasteiger partial charge in [-0.2, -0.15) is 79.4 Å². The van der Waals surface area contributed by atoms with Crippen LogP contribution < -0.4 is 0 Å². The number of esters is 1. The van der Waals surface area contributed by atoms with Crippen molar-refractivity contribution in [1.29, 1.82) is 0 Å². The maximum absolute atomic E-state index is 13.2. The lowest BCUT2D eigenvalue weighted by Gasteiger charge is -2.42. The molecule has 0 aromatic carbocycles. The summed E-state index contributed by atoms with van der Waals surface area (Å²) in [5, 5.41) is 0. The first-order valence-electron chi connectivity index (χ1n) is 6.32. The van der Waals surface area contributed by atoms with Gasteiger partial charge in [0.1, 0.15) is 0 Å². The van der Waals surface area contributed by atoms with Crippen LogP contribution in [0.25, 0.3) is 5.53 Å². The number of nitrogens with zero attached hydrogens (tertiary/aromatic N) is 2. The quantitative estimate of drug-likeness (QED) is 0.157. The van der Waals surface area contributed by atoms with Crippen LogP contribution in [-0.4, -0.2) is 64.8 Å². The van der Waals surface area contributed by atoms with Gasteiger partial charge in [0, 0.05) is 0 Å². The third-order valence-electron chi connectivity index (χ3n) is 3.09. The molecule has 0 aliphatic rings. The molecule has 0 rings (SSSR count). The molecule has 182 valence electrons. The van der Waals surface area contributed by atoms with Crippen molar-refractivity contribution in [3.63, 3.8) is 0 Å². The number of ether oxygens (including phenoxy) is 1. The first kappa shape index (κ1) is 28.7. The normalized spacial score (nSPS) is 15.4. The van der Waals surface area contributed by atoms with E-state index in [4.69, 9.17) is 5.53 Å². The zero-order chi connectivity index (χ0) is 25.7. The molecule has 0 N–H and O–H groups in total. The van der Waals surface area contributed by atoms with E-state index in [2.05, 4.69) is 4.74 Å². The van der Waals surface area contributed by atoms with Crippen molar-refractivity contribution < 1.29 is 89.0 Å². The summed E-state index contributed by atoms with van der Waals surface area (Å²) in [7, 11) is 0. The number of hydrogen-bond acceptors (Lipinski definition) is 2. The minimum absolute atomic E-state index is 0.924. The maximum Gasteiger partial charge on any atom is 0.473 e. The molecule has 0 aliphatic carbocycles. The van der Waals surface area contributed by atoms with E-state index in [0.717, 1.165) is 0 Å². The summed E-state index contributed by atoms with van der Waals surface area (Å²) in [5.41, 5.74) is 7.69. The van der Waals surface area contributed by atoms with Crippen LogP contribution in [-0.2, 0) is 9.53 Å². The van der Waals surface area contributed by atoms with Crippen molar-refractivity contribution in [1.82, 2.24) is 0 Å². The lowest BCUT2D eigenvalue weighted by atomic mass is 9.90. The fraction of sp³-hybridized carbons (Fsp3) is 0.800. The number of hydrogen-bond donors (Lipinski definition) is 0. The van der Waals surface area contributed by atoms with Crippen LogP contribution in [0.15, 0.2) is 0 Å². The van der Waals surface area contributed by atoms with Gasteiger partial charge in [-0.1, -0.05) is 0 Å². The molecule has 0 aromatic rings. The van der Waals surface area contributed by atoms with Gasteiger partial charge in [-0.05, 0) is 0 Å². The Hall–Kier alpha value is -2.34. The molecular weight excluding hydrogens is 503 g/mol. The number of carbonyl (C=O) groups excluding carboxylic acids is 1. The van der Waals surface area contributed by atoms with Gasteiger partial charge in [-0.25, -0.2) is 4.79 Å². The molecule has 0 spiro atoms. The van der Waals surface area contributed by atoms with Crippen LogP contribution in [0.4, 0.5) is 74.6 Å². The summed E-state index contributed by atoms with van der Waals surface area (Å²) in [6.45, 7) is 0. The summed E-state index contributed by atoms with van der Waals surface area (Å²) in [6, 6.07) is 0. The highest BCUT2D eigenvalue weighted by Crippen LogP contribution is 2.63. The predicted molar refractivity (Wildman–Crippen MR) is 56.5 cm³/mol. The molecule has 0 saturated heterocycles. The Bertz CT molecular complexity index is 749. The number of carbonyl (C=O) groups is 1. The van der Waals surface area contributed by atoms with E-state index in [1.165, 1.54) is 4.79 Å². The van der Waals surface area contributed by atoms with E-state index in [-0.39, 0.29) is 0 Å². The van der Waals surface area contributed by atoms with E-state index >= 15 is 0 Å². The summed E-state index contributed by atoms with van der Waals surface area (Å²) < 4.78 is 220. The van der Waals surface area contributed by atoms with Crippen molar-refractivity contribution in [2.45, 2.75) is 47.8 Å². The average Bonchev–Trinajstić information content (AvgIpc) is 2.52. The second-order valence-corrected chi connectivity index (χ2v) is 5.13. The summed E-state index contributed by atoms with van der Waals surface area (Å²) in [6.07, 6.45) is -16.1. The number of halogens is 17. The Labute approximate surface area is 156 Å². The third kappa shape index (κ3) is 3.86. The van der Waals surface area contributed by atoms with Gasteiger partial charge in [0.25, 0.3) is 0 Å². The molecule has 31 heavy (non-hydrogen) atoms. The second-order valence-electron chi connectivity index (χ2n) is 5.13. The van der Waals surface area contributed by atoms with E-state index < -0.39 is 60.0 Å². The topological polar surface area (TPSA) is 62.7 Å². The molecular formula is C10HF17N2O2. The molecule has 0 bridgehead atoms. The summed E-state index contributed by atoms with van der Waals surface area (Å²) in [4.78, 5) is 11.9. The Morgan fingerprint density at radius 1 is 0.581 bits per heavy atom. The molecule has 0 amide bonds. The zero-order valence-corrected chi connectivity index (χ0v) is 13.2. The zero-order valence-electron chi connectivity index (χ0n) is 13.2. The minimum atomic E-state index is -8.78. The Morgan fingerprint density at radius 2 is 0.871 bits per heavy atom. The smallest absolute Gasteiger partial charge is 0.387 e. The molecule has 0 saturated carbocycles. The molecule has 0 aliphatic heterocycles. The average molecular weight is 504 g/mol. The van der Waals surface area contributed by atoms with Crippen molar-refractivity contribution in [3.05, 3.63) is 5.53 Å². The fourth-order valence-electron chi connectivity index (χ4n) is 1.41. The van der Waals surface area contributed by atoms with Gasteiger partial charge >= 0.3 is 60.0 Å². The molecule has 0 heterocycles. The SMILES string of the molecule is [N-]=[N+]=CC(=O)OC(F)(F)C(F)(F)C(F)(F)C(F)(F)C(F)(F)C(F)(F)C(F)(F)C(F)(F)F. The van der Waals surface area contributed by atoms with Crippen LogP contribution in [0.5, 0.6) is 0 Å². The monoisotopic (exact) mass is 504 g/mol. The molecule has 0 radical (unpaired) electrons. The maximum atomic E-state index is 13.2. The predicted octanol–water partition coefficient (Wildman–Crippen LogP) is 4.80. The van der Waals surface area contributed by atoms with Gasteiger partial charge < -0.3 is 10.3 Å². The molecule has 4 nitrogen and oxygen atoms in total. The molecule has 0 fully saturated rings. The highest BCUT2D eigenvalue weighted by Gasteiger charge is 2.95. The Morgan fingerprint density at radius 3 is 1.16 bits per heavy atom. The highest BCUT2D eigenvalue weighted by molar-refractivity contribution is 6.20. The highest BCUT2D eigenvalue weighted by atomic mass is 19.4. The first-order chi connectivity index (χ1) is 13.2. The third-order valence-corrected chi connectivity index (χ3v) is 3.09. The van der Waals surface area contributed by atoms with Gasteiger partial charge in [-0.15, -0.1) is 0 Å². The second kappa shape index (κ2) is 7.37. The minimum Gasteiger partial charge on any atom is -0.387 e. The van der Waals surface area contributed by atoms with Crippen LogP contribution in [0.2, 0.25) is 0 Å². The van der Waals surface area contributed by atoms with Crippen molar-refractivity contribution >= 4 is 12.2 Å². The van der Waals surface area contributed by atoms with Crippen LogP contribution in [0.3, 0.4) is 0 Å². The van der Waals surface area contributed by atoms with E-state index in [1.54, 1.807) is 0 Å². The van der Waals surface area contributed by atoms with Crippen molar-refractivity contribution in [2.24, 2.45) is 0 Å². The van der Waals surface area contributed by atoms with Gasteiger partial charge in [0.05, 0.1) is 0 Å². The standard InChI is InChI=1S/C10HF17N2O2/c11-3(12,5(15,16)7(19,20)9(23,24)25)4(13,14)6(17,18)8(21,22)10(26,27)31-2(30)1-29-28/h1H. The Kier molecular flexibility index (Phi) is 6.81.